The molecule has 0 fully saturated rings. The summed E-state index contributed by atoms with van der Waals surface area (Å²) in [5, 5.41) is 6.51. The molecule has 110 valence electrons. The lowest BCUT2D eigenvalue weighted by molar-refractivity contribution is -0.121. The van der Waals surface area contributed by atoms with Crippen LogP contribution in [0.25, 0.3) is 0 Å². The van der Waals surface area contributed by atoms with E-state index in [2.05, 4.69) is 55.7 Å². The average Bonchev–Trinajstić information content (AvgIpc) is 2.37. The summed E-state index contributed by atoms with van der Waals surface area (Å²) in [5.74, 6) is 0.158. The van der Waals surface area contributed by atoms with Gasteiger partial charge in [0.05, 0.1) is 0 Å². The number of fused-ring (bicyclic) bond motifs is 1. The van der Waals surface area contributed by atoms with Crippen molar-refractivity contribution in [1.82, 2.24) is 10.6 Å². The molecule has 20 heavy (non-hydrogen) atoms. The number of rotatable bonds is 4. The molecule has 0 heterocycles. The highest BCUT2D eigenvalue weighted by Crippen LogP contribution is 2.20. The SMILES string of the molecule is CC(C)(C)NCCC(=O)NC1CCc2ccccc2C1. The third-order valence-electron chi connectivity index (χ3n) is 3.72. The Morgan fingerprint density at radius 1 is 1.25 bits per heavy atom. The number of aryl methyl sites for hydroxylation is 1. The molecule has 1 amide bonds. The van der Waals surface area contributed by atoms with E-state index in [0.717, 1.165) is 25.8 Å². The zero-order valence-corrected chi connectivity index (χ0v) is 12.8. The van der Waals surface area contributed by atoms with Gasteiger partial charge >= 0.3 is 0 Å². The lowest BCUT2D eigenvalue weighted by atomic mass is 9.88. The van der Waals surface area contributed by atoms with Crippen LogP contribution >= 0.6 is 0 Å². The van der Waals surface area contributed by atoms with E-state index >= 15 is 0 Å². The predicted octanol–water partition coefficient (Wildman–Crippen LogP) is 2.44. The number of amides is 1. The third-order valence-corrected chi connectivity index (χ3v) is 3.72. The summed E-state index contributed by atoms with van der Waals surface area (Å²) in [6.07, 6.45) is 3.64. The highest BCUT2D eigenvalue weighted by molar-refractivity contribution is 5.76. The molecular weight excluding hydrogens is 248 g/mol. The van der Waals surface area contributed by atoms with Crippen LogP contribution < -0.4 is 10.6 Å². The number of carbonyl (C=O) groups is 1. The molecule has 1 aromatic carbocycles. The van der Waals surface area contributed by atoms with Crippen LogP contribution in [0.2, 0.25) is 0 Å². The second-order valence-electron chi connectivity index (χ2n) is 6.70. The number of hydrogen-bond donors (Lipinski definition) is 2. The third kappa shape index (κ3) is 4.64. The van der Waals surface area contributed by atoms with Crippen molar-refractivity contribution in [3.8, 4) is 0 Å². The van der Waals surface area contributed by atoms with Gasteiger partial charge in [-0.15, -0.1) is 0 Å². The first-order valence-corrected chi connectivity index (χ1v) is 7.55. The summed E-state index contributed by atoms with van der Waals surface area (Å²) >= 11 is 0. The van der Waals surface area contributed by atoms with Crippen LogP contribution in [0.15, 0.2) is 24.3 Å². The summed E-state index contributed by atoms with van der Waals surface area (Å²) < 4.78 is 0. The van der Waals surface area contributed by atoms with Gasteiger partial charge in [-0.05, 0) is 51.2 Å². The van der Waals surface area contributed by atoms with Gasteiger partial charge in [-0.3, -0.25) is 4.79 Å². The van der Waals surface area contributed by atoms with Gasteiger partial charge in [0, 0.05) is 24.5 Å². The molecule has 0 saturated heterocycles. The largest absolute Gasteiger partial charge is 0.353 e. The van der Waals surface area contributed by atoms with E-state index < -0.39 is 0 Å². The van der Waals surface area contributed by atoms with Gasteiger partial charge in [-0.2, -0.15) is 0 Å². The van der Waals surface area contributed by atoms with Crippen molar-refractivity contribution in [2.75, 3.05) is 6.54 Å². The molecule has 2 rings (SSSR count). The van der Waals surface area contributed by atoms with E-state index in [4.69, 9.17) is 0 Å². The molecule has 2 N–H and O–H groups in total. The molecule has 1 aliphatic carbocycles. The standard InChI is InChI=1S/C17H26N2O/c1-17(2,3)18-11-10-16(20)19-15-9-8-13-6-4-5-7-14(13)12-15/h4-7,15,18H,8-12H2,1-3H3,(H,19,20). The van der Waals surface area contributed by atoms with Crippen LogP contribution in [-0.2, 0) is 17.6 Å². The topological polar surface area (TPSA) is 41.1 Å². The predicted molar refractivity (Wildman–Crippen MR) is 82.8 cm³/mol. The molecule has 1 unspecified atom stereocenters. The fourth-order valence-electron chi connectivity index (χ4n) is 2.67. The molecule has 0 radical (unpaired) electrons. The summed E-state index contributed by atoms with van der Waals surface area (Å²) in [5.41, 5.74) is 2.90. The Morgan fingerprint density at radius 2 is 1.95 bits per heavy atom. The molecule has 0 aliphatic heterocycles. The van der Waals surface area contributed by atoms with Crippen molar-refractivity contribution in [3.05, 3.63) is 35.4 Å². The Bertz CT molecular complexity index is 462. The second-order valence-corrected chi connectivity index (χ2v) is 6.70. The van der Waals surface area contributed by atoms with Crippen molar-refractivity contribution < 1.29 is 4.79 Å². The normalized spacial score (nSPS) is 18.4. The van der Waals surface area contributed by atoms with Gasteiger partial charge in [0.15, 0.2) is 0 Å². The van der Waals surface area contributed by atoms with Crippen LogP contribution in [0.3, 0.4) is 0 Å². The van der Waals surface area contributed by atoms with E-state index in [0.29, 0.717) is 12.5 Å². The maximum atomic E-state index is 12.0. The molecule has 0 aromatic heterocycles. The maximum absolute atomic E-state index is 12.0. The first-order chi connectivity index (χ1) is 9.44. The van der Waals surface area contributed by atoms with Crippen LogP contribution in [0.4, 0.5) is 0 Å². The number of benzene rings is 1. The zero-order valence-electron chi connectivity index (χ0n) is 12.8. The van der Waals surface area contributed by atoms with E-state index in [1.807, 2.05) is 0 Å². The lowest BCUT2D eigenvalue weighted by Gasteiger charge is -2.26. The highest BCUT2D eigenvalue weighted by Gasteiger charge is 2.19. The van der Waals surface area contributed by atoms with Gasteiger partial charge in [0.1, 0.15) is 0 Å². The summed E-state index contributed by atoms with van der Waals surface area (Å²) in [6, 6.07) is 8.84. The molecular formula is C17H26N2O. The molecule has 0 saturated carbocycles. The second kappa shape index (κ2) is 6.40. The van der Waals surface area contributed by atoms with Crippen LogP contribution in [-0.4, -0.2) is 24.0 Å². The Morgan fingerprint density at radius 3 is 2.65 bits per heavy atom. The minimum absolute atomic E-state index is 0.0735. The van der Waals surface area contributed by atoms with Gasteiger partial charge in [-0.1, -0.05) is 24.3 Å². The average molecular weight is 274 g/mol. The smallest absolute Gasteiger partial charge is 0.221 e. The van der Waals surface area contributed by atoms with Gasteiger partial charge in [0.2, 0.25) is 5.91 Å². The summed E-state index contributed by atoms with van der Waals surface area (Å²) in [7, 11) is 0. The molecule has 3 heteroatoms. The highest BCUT2D eigenvalue weighted by atomic mass is 16.1. The van der Waals surface area contributed by atoms with Crippen molar-refractivity contribution in [1.29, 1.82) is 0 Å². The Labute approximate surface area is 122 Å². The van der Waals surface area contributed by atoms with Gasteiger partial charge < -0.3 is 10.6 Å². The van der Waals surface area contributed by atoms with Gasteiger partial charge in [0.25, 0.3) is 0 Å². The van der Waals surface area contributed by atoms with Crippen molar-refractivity contribution in [3.63, 3.8) is 0 Å². The summed E-state index contributed by atoms with van der Waals surface area (Å²) in [4.78, 5) is 12.0. The Balaban J connectivity index is 1.76. The van der Waals surface area contributed by atoms with Crippen LogP contribution in [0.5, 0.6) is 0 Å². The fourth-order valence-corrected chi connectivity index (χ4v) is 2.67. The van der Waals surface area contributed by atoms with Crippen LogP contribution in [0, 0.1) is 0 Å². The monoisotopic (exact) mass is 274 g/mol. The first-order valence-electron chi connectivity index (χ1n) is 7.55. The lowest BCUT2D eigenvalue weighted by Crippen LogP contribution is -2.42. The van der Waals surface area contributed by atoms with Crippen molar-refractivity contribution in [2.24, 2.45) is 0 Å². The van der Waals surface area contributed by atoms with Gasteiger partial charge in [-0.25, -0.2) is 0 Å². The molecule has 0 bridgehead atoms. The maximum Gasteiger partial charge on any atom is 0.221 e. The quantitative estimate of drug-likeness (QED) is 0.885. The molecule has 3 nitrogen and oxygen atoms in total. The minimum atomic E-state index is 0.0735. The fraction of sp³-hybridized carbons (Fsp3) is 0.588. The summed E-state index contributed by atoms with van der Waals surface area (Å²) in [6.45, 7) is 7.08. The molecule has 1 atom stereocenters. The molecule has 0 spiro atoms. The zero-order chi connectivity index (χ0) is 14.6. The number of hydrogen-bond acceptors (Lipinski definition) is 2. The minimum Gasteiger partial charge on any atom is -0.353 e. The number of carbonyl (C=O) groups excluding carboxylic acids is 1. The van der Waals surface area contributed by atoms with E-state index in [1.165, 1.54) is 11.1 Å². The molecule has 1 aliphatic rings. The van der Waals surface area contributed by atoms with Crippen LogP contribution in [0.1, 0.15) is 44.7 Å². The van der Waals surface area contributed by atoms with E-state index in [9.17, 15) is 4.79 Å². The Kier molecular flexibility index (Phi) is 4.81. The molecule has 1 aromatic rings. The number of nitrogens with one attached hydrogen (secondary N) is 2. The Hall–Kier alpha value is -1.35. The van der Waals surface area contributed by atoms with E-state index in [-0.39, 0.29) is 11.4 Å². The van der Waals surface area contributed by atoms with E-state index in [1.54, 1.807) is 0 Å². The van der Waals surface area contributed by atoms with Crippen molar-refractivity contribution >= 4 is 5.91 Å². The first kappa shape index (κ1) is 15.0. The van der Waals surface area contributed by atoms with Crippen molar-refractivity contribution in [2.45, 2.75) is 58.0 Å².